The number of anilines is 1. The standard InChI is InChI=1S/C12H14N2O4S/c1-19(16,17)5-4-14-12(15)11-7-8-6-9(13)2-3-10(8)18-11/h2-3,6-7H,4-5,13H2,1H3,(H,14,15). The molecule has 1 aromatic carbocycles. The third-order valence-corrected chi connectivity index (χ3v) is 3.47. The smallest absolute Gasteiger partial charge is 0.287 e. The van der Waals surface area contributed by atoms with E-state index in [2.05, 4.69) is 5.32 Å². The molecule has 6 nitrogen and oxygen atoms in total. The second-order valence-electron chi connectivity index (χ2n) is 4.29. The molecule has 0 radical (unpaired) electrons. The highest BCUT2D eigenvalue weighted by molar-refractivity contribution is 7.90. The fourth-order valence-corrected chi connectivity index (χ4v) is 2.08. The average Bonchev–Trinajstić information content (AvgIpc) is 2.70. The van der Waals surface area contributed by atoms with Crippen molar-refractivity contribution >= 4 is 32.4 Å². The van der Waals surface area contributed by atoms with Gasteiger partial charge in [0.15, 0.2) is 5.76 Å². The number of nitrogens with two attached hydrogens (primary N) is 1. The number of furan rings is 1. The molecule has 2 aromatic rings. The Morgan fingerprint density at radius 1 is 1.37 bits per heavy atom. The lowest BCUT2D eigenvalue weighted by Crippen LogP contribution is -2.28. The summed E-state index contributed by atoms with van der Waals surface area (Å²) in [5, 5.41) is 3.22. The summed E-state index contributed by atoms with van der Waals surface area (Å²) in [7, 11) is -3.09. The van der Waals surface area contributed by atoms with Crippen LogP contribution in [-0.4, -0.2) is 32.9 Å². The van der Waals surface area contributed by atoms with Gasteiger partial charge in [-0.15, -0.1) is 0 Å². The third-order valence-electron chi connectivity index (χ3n) is 2.52. The van der Waals surface area contributed by atoms with Gasteiger partial charge in [0, 0.05) is 23.9 Å². The van der Waals surface area contributed by atoms with Gasteiger partial charge in [0.05, 0.1) is 5.75 Å². The number of sulfone groups is 1. The van der Waals surface area contributed by atoms with Crippen molar-refractivity contribution < 1.29 is 17.6 Å². The summed E-state index contributed by atoms with van der Waals surface area (Å²) in [4.78, 5) is 11.8. The SMILES string of the molecule is CS(=O)(=O)CCNC(=O)c1cc2cc(N)ccc2o1. The van der Waals surface area contributed by atoms with Crippen molar-refractivity contribution in [3.63, 3.8) is 0 Å². The molecule has 1 heterocycles. The summed E-state index contributed by atoms with van der Waals surface area (Å²) in [6.45, 7) is 0.0524. The zero-order valence-corrected chi connectivity index (χ0v) is 11.2. The van der Waals surface area contributed by atoms with Crippen LogP contribution in [0.15, 0.2) is 28.7 Å². The van der Waals surface area contributed by atoms with Gasteiger partial charge in [-0.3, -0.25) is 4.79 Å². The van der Waals surface area contributed by atoms with E-state index in [-0.39, 0.29) is 18.1 Å². The fraction of sp³-hybridized carbons (Fsp3) is 0.250. The zero-order chi connectivity index (χ0) is 14.0. The Bertz CT molecular complexity index is 718. The molecule has 0 saturated carbocycles. The van der Waals surface area contributed by atoms with Crippen LogP contribution in [0.25, 0.3) is 11.0 Å². The van der Waals surface area contributed by atoms with Gasteiger partial charge >= 0.3 is 0 Å². The predicted molar refractivity (Wildman–Crippen MR) is 72.7 cm³/mol. The summed E-state index contributed by atoms with van der Waals surface area (Å²) in [5.74, 6) is -0.418. The van der Waals surface area contributed by atoms with E-state index in [0.717, 1.165) is 11.6 Å². The van der Waals surface area contributed by atoms with E-state index in [1.807, 2.05) is 0 Å². The molecule has 0 spiro atoms. The Kier molecular flexibility index (Phi) is 3.48. The Labute approximate surface area is 110 Å². The first-order valence-corrected chi connectivity index (χ1v) is 7.66. The molecule has 0 unspecified atom stereocenters. The molecular formula is C12H14N2O4S. The lowest BCUT2D eigenvalue weighted by Gasteiger charge is -2.01. The molecule has 0 aliphatic carbocycles. The van der Waals surface area contributed by atoms with Gasteiger partial charge in [0.1, 0.15) is 15.4 Å². The van der Waals surface area contributed by atoms with E-state index < -0.39 is 15.7 Å². The normalized spacial score (nSPS) is 11.6. The third kappa shape index (κ3) is 3.47. The van der Waals surface area contributed by atoms with Crippen LogP contribution < -0.4 is 11.1 Å². The monoisotopic (exact) mass is 282 g/mol. The number of fused-ring (bicyclic) bond motifs is 1. The Hall–Kier alpha value is -2.02. The molecule has 1 amide bonds. The molecule has 1 aromatic heterocycles. The largest absolute Gasteiger partial charge is 0.451 e. The van der Waals surface area contributed by atoms with Gasteiger partial charge < -0.3 is 15.5 Å². The van der Waals surface area contributed by atoms with Crippen LogP contribution in [0.3, 0.4) is 0 Å². The molecule has 0 bridgehead atoms. The highest BCUT2D eigenvalue weighted by Gasteiger charge is 2.12. The molecule has 0 atom stereocenters. The molecule has 0 fully saturated rings. The van der Waals surface area contributed by atoms with Crippen LogP contribution in [0.2, 0.25) is 0 Å². The first-order valence-electron chi connectivity index (χ1n) is 5.60. The Morgan fingerprint density at radius 3 is 2.79 bits per heavy atom. The maximum absolute atomic E-state index is 11.8. The predicted octanol–water partition coefficient (Wildman–Crippen LogP) is 0.789. The molecule has 2 rings (SSSR count). The number of carbonyl (C=O) groups is 1. The highest BCUT2D eigenvalue weighted by atomic mass is 32.2. The molecular weight excluding hydrogens is 268 g/mol. The summed E-state index contributed by atoms with van der Waals surface area (Å²) in [6, 6.07) is 6.63. The highest BCUT2D eigenvalue weighted by Crippen LogP contribution is 2.21. The molecule has 102 valence electrons. The van der Waals surface area contributed by atoms with Crippen molar-refractivity contribution in [2.24, 2.45) is 0 Å². The Morgan fingerprint density at radius 2 is 2.11 bits per heavy atom. The van der Waals surface area contributed by atoms with E-state index in [1.54, 1.807) is 24.3 Å². The summed E-state index contributed by atoms with van der Waals surface area (Å²) in [6.07, 6.45) is 1.11. The molecule has 0 aliphatic rings. The first-order chi connectivity index (χ1) is 8.85. The van der Waals surface area contributed by atoms with E-state index in [9.17, 15) is 13.2 Å². The van der Waals surface area contributed by atoms with Crippen LogP contribution in [-0.2, 0) is 9.84 Å². The molecule has 19 heavy (non-hydrogen) atoms. The topological polar surface area (TPSA) is 102 Å². The van der Waals surface area contributed by atoms with Gasteiger partial charge in [-0.2, -0.15) is 0 Å². The zero-order valence-electron chi connectivity index (χ0n) is 10.3. The molecule has 0 saturated heterocycles. The van der Waals surface area contributed by atoms with Crippen molar-refractivity contribution in [1.82, 2.24) is 5.32 Å². The second-order valence-corrected chi connectivity index (χ2v) is 6.55. The maximum atomic E-state index is 11.8. The number of amides is 1. The van der Waals surface area contributed by atoms with Gasteiger partial charge in [-0.05, 0) is 24.3 Å². The minimum Gasteiger partial charge on any atom is -0.451 e. The van der Waals surface area contributed by atoms with Crippen molar-refractivity contribution in [3.8, 4) is 0 Å². The second kappa shape index (κ2) is 4.93. The molecule has 7 heteroatoms. The van der Waals surface area contributed by atoms with Gasteiger partial charge in [-0.25, -0.2) is 8.42 Å². The fourth-order valence-electron chi connectivity index (χ4n) is 1.61. The number of hydrogen-bond donors (Lipinski definition) is 2. The Balaban J connectivity index is 2.09. The maximum Gasteiger partial charge on any atom is 0.287 e. The minimum atomic E-state index is -3.09. The van der Waals surface area contributed by atoms with E-state index in [1.165, 1.54) is 0 Å². The van der Waals surface area contributed by atoms with Gasteiger partial charge in [-0.1, -0.05) is 0 Å². The quantitative estimate of drug-likeness (QED) is 0.807. The minimum absolute atomic E-state index is 0.0524. The van der Waals surface area contributed by atoms with Crippen LogP contribution in [0.4, 0.5) is 5.69 Å². The number of hydrogen-bond acceptors (Lipinski definition) is 5. The number of nitrogen functional groups attached to an aromatic ring is 1. The molecule has 3 N–H and O–H groups in total. The average molecular weight is 282 g/mol. The van der Waals surface area contributed by atoms with Gasteiger partial charge in [0.25, 0.3) is 5.91 Å². The van der Waals surface area contributed by atoms with Crippen LogP contribution in [0.1, 0.15) is 10.6 Å². The van der Waals surface area contributed by atoms with Crippen molar-refractivity contribution in [2.45, 2.75) is 0 Å². The number of rotatable bonds is 4. The van der Waals surface area contributed by atoms with Crippen molar-refractivity contribution in [1.29, 1.82) is 0 Å². The lowest BCUT2D eigenvalue weighted by atomic mass is 10.2. The van der Waals surface area contributed by atoms with E-state index in [4.69, 9.17) is 10.2 Å². The number of benzene rings is 1. The lowest BCUT2D eigenvalue weighted by molar-refractivity contribution is 0.0930. The number of carbonyl (C=O) groups excluding carboxylic acids is 1. The summed E-state index contributed by atoms with van der Waals surface area (Å²) >= 11 is 0. The van der Waals surface area contributed by atoms with Crippen LogP contribution in [0, 0.1) is 0 Å². The summed E-state index contributed by atoms with van der Waals surface area (Å²) in [5.41, 5.74) is 6.77. The van der Waals surface area contributed by atoms with E-state index in [0.29, 0.717) is 11.3 Å². The van der Waals surface area contributed by atoms with Crippen molar-refractivity contribution in [2.75, 3.05) is 24.3 Å². The van der Waals surface area contributed by atoms with Crippen molar-refractivity contribution in [3.05, 3.63) is 30.0 Å². The first kappa shape index (κ1) is 13.4. The number of nitrogens with one attached hydrogen (secondary N) is 1. The van der Waals surface area contributed by atoms with E-state index >= 15 is 0 Å². The van der Waals surface area contributed by atoms with Crippen LogP contribution >= 0.6 is 0 Å². The van der Waals surface area contributed by atoms with Gasteiger partial charge in [0.2, 0.25) is 0 Å². The molecule has 0 aliphatic heterocycles. The van der Waals surface area contributed by atoms with Crippen LogP contribution in [0.5, 0.6) is 0 Å². The summed E-state index contributed by atoms with van der Waals surface area (Å²) < 4.78 is 27.2.